The summed E-state index contributed by atoms with van der Waals surface area (Å²) in [6.07, 6.45) is 3.71. The van der Waals surface area contributed by atoms with Gasteiger partial charge >= 0.3 is 0 Å². The number of allylic oxidation sites excluding steroid dienone is 1. The third kappa shape index (κ3) is 3.91. The smallest absolute Gasteiger partial charge is 0.239 e. The first kappa shape index (κ1) is 19.3. The van der Waals surface area contributed by atoms with Crippen LogP contribution in [0.25, 0.3) is 0 Å². The molecule has 2 aromatic rings. The highest BCUT2D eigenvalue weighted by Gasteiger charge is 2.38. The zero-order valence-corrected chi connectivity index (χ0v) is 16.4. The molecule has 4 rings (SSSR count). The number of Topliss-reactive ketones (excluding diaryl/α,β-unsaturated/α-hetero) is 1. The highest BCUT2D eigenvalue weighted by atomic mass is 16.5. The average molecular weight is 395 g/mol. The summed E-state index contributed by atoms with van der Waals surface area (Å²) in [4.78, 5) is 27.7. The van der Waals surface area contributed by atoms with Crippen LogP contribution < -0.4 is 15.5 Å². The van der Waals surface area contributed by atoms with E-state index in [-0.39, 0.29) is 18.2 Å². The fourth-order valence-corrected chi connectivity index (χ4v) is 4.02. The van der Waals surface area contributed by atoms with E-state index in [2.05, 4.69) is 10.6 Å². The lowest BCUT2D eigenvalue weighted by Gasteiger charge is -2.33. The lowest BCUT2D eigenvalue weighted by molar-refractivity contribution is -0.120. The molecule has 2 heterocycles. The molecule has 1 aromatic carbocycles. The van der Waals surface area contributed by atoms with Crippen LogP contribution in [0.2, 0.25) is 0 Å². The minimum Gasteiger partial charge on any atom is -0.467 e. The Morgan fingerprint density at radius 1 is 1.28 bits per heavy atom. The number of para-hydroxylation sites is 2. The summed E-state index contributed by atoms with van der Waals surface area (Å²) < 4.78 is 10.8. The second kappa shape index (κ2) is 8.53. The minimum atomic E-state index is -0.461. The SMILES string of the molecule is COCCNC(=O)CN1c2ccccc2NC2=C(C(=O)CCC2)[C@@H]1c1ccco1. The van der Waals surface area contributed by atoms with Gasteiger partial charge in [-0.2, -0.15) is 0 Å². The van der Waals surface area contributed by atoms with Crippen LogP contribution in [0.1, 0.15) is 31.1 Å². The molecule has 7 nitrogen and oxygen atoms in total. The number of methoxy groups -OCH3 is 1. The van der Waals surface area contributed by atoms with Gasteiger partial charge in [0.25, 0.3) is 0 Å². The summed E-state index contributed by atoms with van der Waals surface area (Å²) in [5.41, 5.74) is 3.34. The molecule has 29 heavy (non-hydrogen) atoms. The van der Waals surface area contributed by atoms with Crippen molar-refractivity contribution in [3.63, 3.8) is 0 Å². The molecule has 0 radical (unpaired) electrons. The summed E-state index contributed by atoms with van der Waals surface area (Å²) in [7, 11) is 1.60. The Bertz CT molecular complexity index is 920. The van der Waals surface area contributed by atoms with Crippen LogP contribution in [-0.2, 0) is 14.3 Å². The van der Waals surface area contributed by atoms with Crippen molar-refractivity contribution in [3.05, 3.63) is 59.7 Å². The van der Waals surface area contributed by atoms with Crippen LogP contribution in [0.15, 0.2) is 58.3 Å². The molecule has 0 bridgehead atoms. The van der Waals surface area contributed by atoms with Gasteiger partial charge in [0.15, 0.2) is 5.78 Å². The molecule has 1 aliphatic carbocycles. The van der Waals surface area contributed by atoms with Crippen molar-refractivity contribution in [1.29, 1.82) is 0 Å². The number of carbonyl (C=O) groups is 2. The Kier molecular flexibility index (Phi) is 5.67. The largest absolute Gasteiger partial charge is 0.467 e. The molecule has 1 aliphatic heterocycles. The molecule has 0 unspecified atom stereocenters. The summed E-state index contributed by atoms with van der Waals surface area (Å²) in [6, 6.07) is 11.0. The molecule has 0 saturated heterocycles. The first-order valence-electron chi connectivity index (χ1n) is 9.87. The monoisotopic (exact) mass is 395 g/mol. The van der Waals surface area contributed by atoms with Crippen molar-refractivity contribution in [1.82, 2.24) is 5.32 Å². The Morgan fingerprint density at radius 2 is 2.14 bits per heavy atom. The lowest BCUT2D eigenvalue weighted by atomic mass is 9.88. The number of hydrogen-bond acceptors (Lipinski definition) is 6. The van der Waals surface area contributed by atoms with Gasteiger partial charge in [0.1, 0.15) is 11.8 Å². The topological polar surface area (TPSA) is 83.8 Å². The van der Waals surface area contributed by atoms with Gasteiger partial charge in [0.05, 0.1) is 30.8 Å². The van der Waals surface area contributed by atoms with Gasteiger partial charge in [-0.1, -0.05) is 12.1 Å². The Labute approximate surface area is 169 Å². The van der Waals surface area contributed by atoms with E-state index in [0.29, 0.717) is 30.9 Å². The first-order chi connectivity index (χ1) is 14.2. The van der Waals surface area contributed by atoms with Gasteiger partial charge < -0.3 is 24.7 Å². The molecule has 1 aromatic heterocycles. The van der Waals surface area contributed by atoms with Crippen LogP contribution in [0.3, 0.4) is 0 Å². The van der Waals surface area contributed by atoms with E-state index in [9.17, 15) is 9.59 Å². The van der Waals surface area contributed by atoms with Gasteiger partial charge in [0.2, 0.25) is 5.91 Å². The maximum atomic E-state index is 13.0. The number of anilines is 2. The molecule has 1 amide bonds. The van der Waals surface area contributed by atoms with Crippen molar-refractivity contribution >= 4 is 23.1 Å². The minimum absolute atomic E-state index is 0.0951. The van der Waals surface area contributed by atoms with E-state index in [1.807, 2.05) is 41.3 Å². The number of hydrogen-bond donors (Lipinski definition) is 2. The van der Waals surface area contributed by atoms with E-state index in [4.69, 9.17) is 9.15 Å². The molecule has 1 atom stereocenters. The first-order valence-corrected chi connectivity index (χ1v) is 9.87. The third-order valence-electron chi connectivity index (χ3n) is 5.30. The number of fused-ring (bicyclic) bond motifs is 1. The molecular formula is C22H25N3O4. The van der Waals surface area contributed by atoms with Crippen LogP contribution in [0.4, 0.5) is 11.4 Å². The van der Waals surface area contributed by atoms with E-state index >= 15 is 0 Å². The number of benzene rings is 1. The highest BCUT2D eigenvalue weighted by Crippen LogP contribution is 2.44. The zero-order valence-electron chi connectivity index (χ0n) is 16.4. The van der Waals surface area contributed by atoms with Crippen molar-refractivity contribution < 1.29 is 18.7 Å². The van der Waals surface area contributed by atoms with Crippen molar-refractivity contribution in [2.45, 2.75) is 25.3 Å². The van der Waals surface area contributed by atoms with Crippen LogP contribution in [0.5, 0.6) is 0 Å². The van der Waals surface area contributed by atoms with Gasteiger partial charge in [-0.15, -0.1) is 0 Å². The standard InChI is InChI=1S/C22H25N3O4/c1-28-13-11-23-20(27)14-25-17-8-3-2-6-15(17)24-16-7-4-9-18(26)21(16)22(25)19-10-5-12-29-19/h2-3,5-6,8,10,12,22,24H,4,7,9,11,13-14H2,1H3,(H,23,27)/t22-/m0/s1. The fourth-order valence-electron chi connectivity index (χ4n) is 4.02. The van der Waals surface area contributed by atoms with Crippen molar-refractivity contribution in [2.75, 3.05) is 37.0 Å². The van der Waals surface area contributed by atoms with E-state index < -0.39 is 6.04 Å². The number of ketones is 1. The predicted octanol–water partition coefficient (Wildman–Crippen LogP) is 3.02. The Balaban J connectivity index is 1.79. The second-order valence-corrected chi connectivity index (χ2v) is 7.20. The van der Waals surface area contributed by atoms with Crippen molar-refractivity contribution in [2.24, 2.45) is 0 Å². The van der Waals surface area contributed by atoms with Crippen LogP contribution in [0, 0.1) is 0 Å². The number of nitrogens with one attached hydrogen (secondary N) is 2. The van der Waals surface area contributed by atoms with Crippen molar-refractivity contribution in [3.8, 4) is 0 Å². The zero-order chi connectivity index (χ0) is 20.2. The summed E-state index contributed by atoms with van der Waals surface area (Å²) in [5.74, 6) is 0.606. The molecule has 7 heteroatoms. The van der Waals surface area contributed by atoms with E-state index in [0.717, 1.165) is 29.9 Å². The molecule has 0 fully saturated rings. The normalized spacial score (nSPS) is 18.6. The molecule has 2 aliphatic rings. The number of carbonyl (C=O) groups excluding carboxylic acids is 2. The Morgan fingerprint density at radius 3 is 2.93 bits per heavy atom. The molecule has 0 saturated carbocycles. The summed E-state index contributed by atoms with van der Waals surface area (Å²) in [6.45, 7) is 0.971. The van der Waals surface area contributed by atoms with Gasteiger partial charge in [-0.3, -0.25) is 9.59 Å². The molecule has 152 valence electrons. The third-order valence-corrected chi connectivity index (χ3v) is 5.30. The van der Waals surface area contributed by atoms with Gasteiger partial charge in [-0.25, -0.2) is 0 Å². The van der Waals surface area contributed by atoms with E-state index in [1.54, 1.807) is 13.4 Å². The molecular weight excluding hydrogens is 370 g/mol. The summed E-state index contributed by atoms with van der Waals surface area (Å²) >= 11 is 0. The maximum Gasteiger partial charge on any atom is 0.239 e. The van der Waals surface area contributed by atoms with Gasteiger partial charge in [-0.05, 0) is 37.1 Å². The number of amides is 1. The average Bonchev–Trinajstić information content (AvgIpc) is 3.20. The predicted molar refractivity (Wildman–Crippen MR) is 110 cm³/mol. The van der Waals surface area contributed by atoms with Crippen LogP contribution in [-0.4, -0.2) is 38.5 Å². The maximum absolute atomic E-state index is 13.0. The number of ether oxygens (including phenoxy) is 1. The van der Waals surface area contributed by atoms with Crippen LogP contribution >= 0.6 is 0 Å². The number of furan rings is 1. The van der Waals surface area contributed by atoms with Gasteiger partial charge in [0, 0.05) is 31.3 Å². The van der Waals surface area contributed by atoms with E-state index in [1.165, 1.54) is 0 Å². The number of rotatable bonds is 6. The number of nitrogens with zero attached hydrogens (tertiary/aromatic N) is 1. The molecule has 0 spiro atoms. The molecule has 2 N–H and O–H groups in total. The summed E-state index contributed by atoms with van der Waals surface area (Å²) in [5, 5.41) is 6.34. The quantitative estimate of drug-likeness (QED) is 0.732. The second-order valence-electron chi connectivity index (χ2n) is 7.20. The highest BCUT2D eigenvalue weighted by molar-refractivity contribution is 6.01. The lowest BCUT2D eigenvalue weighted by Crippen LogP contribution is -2.41. The fraction of sp³-hybridized carbons (Fsp3) is 0.364. The Hall–Kier alpha value is -3.06.